The van der Waals surface area contributed by atoms with Crippen LogP contribution in [0.5, 0.6) is 5.75 Å². The fraction of sp³-hybridized carbons (Fsp3) is 0.400. The van der Waals surface area contributed by atoms with Crippen molar-refractivity contribution in [3.63, 3.8) is 0 Å². The SMILES string of the molecule is CCCCCCNC(=O)c1ccc(COc2ccc(C(=O)OC)cc2)o1. The van der Waals surface area contributed by atoms with Crippen molar-refractivity contribution in [3.05, 3.63) is 53.5 Å². The zero-order valence-electron chi connectivity index (χ0n) is 15.2. The molecule has 0 spiro atoms. The minimum atomic E-state index is -0.395. The van der Waals surface area contributed by atoms with E-state index in [9.17, 15) is 9.59 Å². The van der Waals surface area contributed by atoms with Gasteiger partial charge < -0.3 is 19.2 Å². The third-order valence-corrected chi connectivity index (χ3v) is 3.86. The second-order valence-corrected chi connectivity index (χ2v) is 5.89. The van der Waals surface area contributed by atoms with Gasteiger partial charge in [0.2, 0.25) is 0 Å². The van der Waals surface area contributed by atoms with Gasteiger partial charge in [0.05, 0.1) is 12.7 Å². The van der Waals surface area contributed by atoms with Crippen LogP contribution in [0.4, 0.5) is 0 Å². The van der Waals surface area contributed by atoms with E-state index in [2.05, 4.69) is 17.0 Å². The number of unbranched alkanes of at least 4 members (excludes halogenated alkanes) is 3. The summed E-state index contributed by atoms with van der Waals surface area (Å²) in [5.41, 5.74) is 0.454. The van der Waals surface area contributed by atoms with E-state index in [1.165, 1.54) is 20.0 Å². The molecule has 2 rings (SSSR count). The molecule has 2 aromatic rings. The molecule has 26 heavy (non-hydrogen) atoms. The monoisotopic (exact) mass is 359 g/mol. The number of esters is 1. The van der Waals surface area contributed by atoms with E-state index in [4.69, 9.17) is 9.15 Å². The summed E-state index contributed by atoms with van der Waals surface area (Å²) in [7, 11) is 1.34. The van der Waals surface area contributed by atoms with Gasteiger partial charge in [-0.05, 0) is 42.8 Å². The van der Waals surface area contributed by atoms with Gasteiger partial charge >= 0.3 is 5.97 Å². The number of furan rings is 1. The lowest BCUT2D eigenvalue weighted by atomic mass is 10.2. The van der Waals surface area contributed by atoms with Crippen molar-refractivity contribution < 1.29 is 23.5 Å². The highest BCUT2D eigenvalue weighted by Gasteiger charge is 2.11. The third-order valence-electron chi connectivity index (χ3n) is 3.86. The van der Waals surface area contributed by atoms with Crippen molar-refractivity contribution in [3.8, 4) is 5.75 Å². The summed E-state index contributed by atoms with van der Waals surface area (Å²) in [6, 6.07) is 9.97. The molecule has 0 atom stereocenters. The Morgan fingerprint density at radius 2 is 1.81 bits per heavy atom. The van der Waals surface area contributed by atoms with Crippen LogP contribution in [0.15, 0.2) is 40.8 Å². The maximum atomic E-state index is 12.0. The van der Waals surface area contributed by atoms with E-state index in [0.717, 1.165) is 12.8 Å². The summed E-state index contributed by atoms with van der Waals surface area (Å²) >= 11 is 0. The van der Waals surface area contributed by atoms with Crippen LogP contribution in [-0.2, 0) is 11.3 Å². The summed E-state index contributed by atoms with van der Waals surface area (Å²) < 4.78 is 15.8. The molecule has 0 saturated carbocycles. The normalized spacial score (nSPS) is 10.4. The Bertz CT molecular complexity index is 705. The molecule has 0 radical (unpaired) electrons. The summed E-state index contributed by atoms with van der Waals surface area (Å²) in [5, 5.41) is 2.85. The highest BCUT2D eigenvalue weighted by Crippen LogP contribution is 2.16. The van der Waals surface area contributed by atoms with Gasteiger partial charge in [-0.15, -0.1) is 0 Å². The molecule has 1 N–H and O–H groups in total. The van der Waals surface area contributed by atoms with Gasteiger partial charge in [0.1, 0.15) is 18.1 Å². The molecule has 0 aliphatic carbocycles. The molecule has 0 unspecified atom stereocenters. The number of benzene rings is 1. The van der Waals surface area contributed by atoms with Gasteiger partial charge in [-0.2, -0.15) is 0 Å². The smallest absolute Gasteiger partial charge is 0.337 e. The summed E-state index contributed by atoms with van der Waals surface area (Å²) in [4.78, 5) is 23.4. The molecule has 6 nitrogen and oxygen atoms in total. The molecule has 140 valence electrons. The Labute approximate surface area is 153 Å². The number of nitrogens with one attached hydrogen (secondary N) is 1. The highest BCUT2D eigenvalue weighted by atomic mass is 16.5. The van der Waals surface area contributed by atoms with E-state index in [0.29, 0.717) is 23.6 Å². The average Bonchev–Trinajstić information content (AvgIpc) is 3.15. The zero-order chi connectivity index (χ0) is 18.8. The second kappa shape index (κ2) is 10.3. The summed E-state index contributed by atoms with van der Waals surface area (Å²) in [5.74, 6) is 0.817. The van der Waals surface area contributed by atoms with Crippen LogP contribution in [-0.4, -0.2) is 25.5 Å². The number of carbonyl (C=O) groups is 2. The van der Waals surface area contributed by atoms with E-state index in [1.807, 2.05) is 0 Å². The van der Waals surface area contributed by atoms with E-state index in [1.54, 1.807) is 36.4 Å². The fourth-order valence-corrected chi connectivity index (χ4v) is 2.38. The van der Waals surface area contributed by atoms with Crippen LogP contribution in [0.1, 0.15) is 59.3 Å². The van der Waals surface area contributed by atoms with Gasteiger partial charge in [0.15, 0.2) is 5.76 Å². The molecule has 0 bridgehead atoms. The molecule has 0 aliphatic heterocycles. The molecule has 0 saturated heterocycles. The minimum Gasteiger partial charge on any atom is -0.486 e. The number of hydrogen-bond donors (Lipinski definition) is 1. The van der Waals surface area contributed by atoms with Crippen molar-refractivity contribution >= 4 is 11.9 Å². The van der Waals surface area contributed by atoms with Crippen molar-refractivity contribution in [2.75, 3.05) is 13.7 Å². The van der Waals surface area contributed by atoms with Crippen LogP contribution in [0.25, 0.3) is 0 Å². The van der Waals surface area contributed by atoms with Gasteiger partial charge in [-0.3, -0.25) is 4.79 Å². The predicted octanol–water partition coefficient (Wildman–Crippen LogP) is 3.96. The fourth-order valence-electron chi connectivity index (χ4n) is 2.38. The van der Waals surface area contributed by atoms with Crippen molar-refractivity contribution in [2.45, 2.75) is 39.2 Å². The van der Waals surface area contributed by atoms with Gasteiger partial charge in [-0.25, -0.2) is 4.79 Å². The molecule has 0 aliphatic rings. The van der Waals surface area contributed by atoms with E-state index >= 15 is 0 Å². The van der Waals surface area contributed by atoms with Crippen molar-refractivity contribution in [1.29, 1.82) is 0 Å². The van der Waals surface area contributed by atoms with Gasteiger partial charge in [0.25, 0.3) is 5.91 Å². The largest absolute Gasteiger partial charge is 0.486 e. The van der Waals surface area contributed by atoms with Crippen LogP contribution in [0, 0.1) is 0 Å². The first-order valence-corrected chi connectivity index (χ1v) is 8.82. The zero-order valence-corrected chi connectivity index (χ0v) is 15.2. The number of methoxy groups -OCH3 is 1. The van der Waals surface area contributed by atoms with E-state index < -0.39 is 5.97 Å². The quantitative estimate of drug-likeness (QED) is 0.513. The Kier molecular flexibility index (Phi) is 7.74. The maximum absolute atomic E-state index is 12.0. The lowest BCUT2D eigenvalue weighted by Crippen LogP contribution is -2.23. The molecule has 1 heterocycles. The first-order chi connectivity index (χ1) is 12.6. The van der Waals surface area contributed by atoms with Gasteiger partial charge in [-0.1, -0.05) is 26.2 Å². The Morgan fingerprint density at radius 3 is 2.50 bits per heavy atom. The molecule has 1 amide bonds. The predicted molar refractivity (Wildman–Crippen MR) is 97.3 cm³/mol. The molecule has 1 aromatic heterocycles. The number of amides is 1. The Balaban J connectivity index is 1.79. The molecular formula is C20H25NO5. The van der Waals surface area contributed by atoms with Crippen LogP contribution in [0.2, 0.25) is 0 Å². The number of hydrogen-bond acceptors (Lipinski definition) is 5. The van der Waals surface area contributed by atoms with Crippen LogP contribution >= 0.6 is 0 Å². The maximum Gasteiger partial charge on any atom is 0.337 e. The topological polar surface area (TPSA) is 77.8 Å². The standard InChI is InChI=1S/C20H25NO5/c1-3-4-5-6-13-21-19(22)18-12-11-17(26-18)14-25-16-9-7-15(8-10-16)20(23)24-2/h7-12H,3-6,13-14H2,1-2H3,(H,21,22). The highest BCUT2D eigenvalue weighted by molar-refractivity contribution is 5.91. The van der Waals surface area contributed by atoms with Crippen molar-refractivity contribution in [2.24, 2.45) is 0 Å². The Morgan fingerprint density at radius 1 is 1.04 bits per heavy atom. The summed E-state index contributed by atoms with van der Waals surface area (Å²) in [6.07, 6.45) is 4.43. The lowest BCUT2D eigenvalue weighted by molar-refractivity contribution is 0.0600. The van der Waals surface area contributed by atoms with Crippen LogP contribution in [0.3, 0.4) is 0 Å². The second-order valence-electron chi connectivity index (χ2n) is 5.89. The summed E-state index contributed by atoms with van der Waals surface area (Å²) in [6.45, 7) is 3.00. The number of carbonyl (C=O) groups excluding carboxylic acids is 2. The van der Waals surface area contributed by atoms with Gasteiger partial charge in [0, 0.05) is 6.54 Å². The molecule has 1 aromatic carbocycles. The minimum absolute atomic E-state index is 0.196. The average molecular weight is 359 g/mol. The first-order valence-electron chi connectivity index (χ1n) is 8.82. The molecule has 0 fully saturated rings. The molecular weight excluding hydrogens is 334 g/mol. The van der Waals surface area contributed by atoms with Crippen LogP contribution < -0.4 is 10.1 Å². The number of rotatable bonds is 10. The van der Waals surface area contributed by atoms with E-state index in [-0.39, 0.29) is 18.3 Å². The first kappa shape index (κ1) is 19.6. The molecule has 6 heteroatoms. The van der Waals surface area contributed by atoms with Crippen molar-refractivity contribution in [1.82, 2.24) is 5.32 Å². The third kappa shape index (κ3) is 5.95. The Hall–Kier alpha value is -2.76. The number of ether oxygens (including phenoxy) is 2. The lowest BCUT2D eigenvalue weighted by Gasteiger charge is -2.05.